The van der Waals surface area contributed by atoms with Crippen molar-refractivity contribution < 1.29 is 8.78 Å². The molecule has 1 atom stereocenters. The fourth-order valence-electron chi connectivity index (χ4n) is 2.55. The van der Waals surface area contributed by atoms with Crippen LogP contribution in [0.25, 0.3) is 11.0 Å². The summed E-state index contributed by atoms with van der Waals surface area (Å²) >= 11 is 7.62. The first-order valence-electron chi connectivity index (χ1n) is 6.21. The van der Waals surface area contributed by atoms with E-state index in [9.17, 15) is 8.78 Å². The highest BCUT2D eigenvalue weighted by Crippen LogP contribution is 2.33. The van der Waals surface area contributed by atoms with Crippen LogP contribution in [0.3, 0.4) is 0 Å². The largest absolute Gasteiger partial charge is 0.321 e. The molecule has 3 rings (SSSR count). The summed E-state index contributed by atoms with van der Waals surface area (Å²) in [4.78, 5) is 4.41. The molecule has 1 saturated heterocycles. The third-order valence-corrected chi connectivity index (χ3v) is 4.74. The number of thioether (sulfide) groups is 1. The highest BCUT2D eigenvalue weighted by molar-refractivity contribution is 7.99. The highest BCUT2D eigenvalue weighted by Gasteiger charge is 2.25. The molecule has 0 spiro atoms. The van der Waals surface area contributed by atoms with Crippen LogP contribution in [0.2, 0.25) is 0 Å². The van der Waals surface area contributed by atoms with Crippen LogP contribution in [0.4, 0.5) is 8.78 Å². The molecule has 2 heterocycles. The van der Waals surface area contributed by atoms with Crippen molar-refractivity contribution in [3.05, 3.63) is 29.6 Å². The predicted molar refractivity (Wildman–Crippen MR) is 75.1 cm³/mol. The number of rotatable bonds is 3. The highest BCUT2D eigenvalue weighted by atomic mass is 35.5. The van der Waals surface area contributed by atoms with Crippen molar-refractivity contribution in [2.75, 3.05) is 17.4 Å². The summed E-state index contributed by atoms with van der Waals surface area (Å²) in [7, 11) is 0. The molecule has 6 heteroatoms. The lowest BCUT2D eigenvalue weighted by atomic mass is 10.2. The maximum absolute atomic E-state index is 14.1. The Hall–Kier alpha value is -0.810. The number of aromatic nitrogens is 2. The average Bonchev–Trinajstić information content (AvgIpc) is 3.01. The molecule has 2 nitrogen and oxygen atoms in total. The number of aryl methyl sites for hydroxylation is 1. The van der Waals surface area contributed by atoms with Gasteiger partial charge in [0.1, 0.15) is 11.3 Å². The molecule has 1 fully saturated rings. The van der Waals surface area contributed by atoms with Gasteiger partial charge in [0.05, 0.1) is 5.52 Å². The molecule has 2 aromatic rings. The molecule has 1 unspecified atom stereocenters. The van der Waals surface area contributed by atoms with Crippen molar-refractivity contribution in [1.29, 1.82) is 0 Å². The molecular weight excluding hydrogens is 290 g/mol. The van der Waals surface area contributed by atoms with Gasteiger partial charge in [-0.05, 0) is 24.3 Å². The Morgan fingerprint density at radius 2 is 2.26 bits per heavy atom. The lowest BCUT2D eigenvalue weighted by Crippen LogP contribution is -2.13. The van der Waals surface area contributed by atoms with Crippen LogP contribution < -0.4 is 0 Å². The van der Waals surface area contributed by atoms with Crippen LogP contribution in [0.15, 0.2) is 12.1 Å². The molecule has 0 amide bonds. The Kier molecular flexibility index (Phi) is 3.67. The van der Waals surface area contributed by atoms with Gasteiger partial charge in [0.15, 0.2) is 11.6 Å². The molecule has 1 aliphatic rings. The fraction of sp³-hybridized carbons (Fsp3) is 0.462. The van der Waals surface area contributed by atoms with Gasteiger partial charge in [-0.2, -0.15) is 11.8 Å². The van der Waals surface area contributed by atoms with Gasteiger partial charge < -0.3 is 4.57 Å². The van der Waals surface area contributed by atoms with Crippen molar-refractivity contribution in [3.8, 4) is 0 Å². The van der Waals surface area contributed by atoms with Gasteiger partial charge in [-0.25, -0.2) is 13.8 Å². The Morgan fingerprint density at radius 3 is 2.95 bits per heavy atom. The summed E-state index contributed by atoms with van der Waals surface area (Å²) in [6.07, 6.45) is 1.53. The number of fused-ring (bicyclic) bond motifs is 1. The van der Waals surface area contributed by atoms with E-state index in [2.05, 4.69) is 4.98 Å². The summed E-state index contributed by atoms with van der Waals surface area (Å²) < 4.78 is 29.4. The molecular formula is C13H13ClF2N2S. The van der Waals surface area contributed by atoms with Crippen LogP contribution in [-0.4, -0.2) is 26.9 Å². The summed E-state index contributed by atoms with van der Waals surface area (Å²) in [5, 5.41) is 0. The number of hydrogen-bond acceptors (Lipinski definition) is 2. The minimum atomic E-state index is -0.822. The van der Waals surface area contributed by atoms with Gasteiger partial charge in [-0.15, -0.1) is 11.6 Å². The molecule has 1 aromatic heterocycles. The maximum atomic E-state index is 14.1. The van der Waals surface area contributed by atoms with Crippen LogP contribution >= 0.6 is 23.4 Å². The first kappa shape index (κ1) is 13.2. The zero-order valence-corrected chi connectivity index (χ0v) is 11.8. The number of alkyl halides is 1. The second-order valence-corrected chi connectivity index (χ2v) is 6.11. The van der Waals surface area contributed by atoms with Gasteiger partial charge in [0.2, 0.25) is 0 Å². The average molecular weight is 303 g/mol. The molecule has 0 radical (unpaired) electrons. The summed E-state index contributed by atoms with van der Waals surface area (Å²) in [6, 6.07) is 2.84. The van der Waals surface area contributed by atoms with E-state index in [1.807, 2.05) is 16.3 Å². The smallest absolute Gasteiger partial charge is 0.184 e. The molecule has 0 aliphatic carbocycles. The van der Waals surface area contributed by atoms with Gasteiger partial charge in [0.25, 0.3) is 0 Å². The third-order valence-electron chi connectivity index (χ3n) is 3.41. The number of benzene rings is 1. The summed E-state index contributed by atoms with van der Waals surface area (Å²) in [5.74, 6) is 1.51. The zero-order chi connectivity index (χ0) is 13.4. The lowest BCUT2D eigenvalue weighted by Gasteiger charge is -2.15. The Balaban J connectivity index is 2.23. The van der Waals surface area contributed by atoms with E-state index in [0.717, 1.165) is 29.8 Å². The van der Waals surface area contributed by atoms with Crippen molar-refractivity contribution in [3.63, 3.8) is 0 Å². The second-order valence-electron chi connectivity index (χ2n) is 4.58. The standard InChI is InChI=1S/C13H13ClF2N2S/c14-5-3-11-17-10-2-1-9(15)12(16)13(10)18(11)8-4-6-19-7-8/h1-2,8H,3-7H2. The zero-order valence-electron chi connectivity index (χ0n) is 10.2. The normalized spacial score (nSPS) is 19.4. The first-order valence-corrected chi connectivity index (χ1v) is 7.90. The van der Waals surface area contributed by atoms with Crippen LogP contribution in [0.5, 0.6) is 0 Å². The minimum absolute atomic E-state index is 0.185. The molecule has 102 valence electrons. The Labute approximate surface area is 119 Å². The minimum Gasteiger partial charge on any atom is -0.321 e. The van der Waals surface area contributed by atoms with Gasteiger partial charge in [-0.1, -0.05) is 0 Å². The van der Waals surface area contributed by atoms with Gasteiger partial charge >= 0.3 is 0 Å². The number of halogens is 3. The molecule has 0 saturated carbocycles. The van der Waals surface area contributed by atoms with Crippen LogP contribution in [-0.2, 0) is 6.42 Å². The van der Waals surface area contributed by atoms with Gasteiger partial charge in [-0.3, -0.25) is 0 Å². The van der Waals surface area contributed by atoms with Crippen molar-refractivity contribution >= 4 is 34.4 Å². The van der Waals surface area contributed by atoms with E-state index in [4.69, 9.17) is 11.6 Å². The maximum Gasteiger partial charge on any atom is 0.184 e. The van der Waals surface area contributed by atoms with Crippen molar-refractivity contribution in [2.45, 2.75) is 18.9 Å². The topological polar surface area (TPSA) is 17.8 Å². The first-order chi connectivity index (χ1) is 9.22. The number of nitrogens with zero attached hydrogens (tertiary/aromatic N) is 2. The Morgan fingerprint density at radius 1 is 1.42 bits per heavy atom. The van der Waals surface area contributed by atoms with E-state index < -0.39 is 11.6 Å². The molecule has 0 bridgehead atoms. The quantitative estimate of drug-likeness (QED) is 0.803. The van der Waals surface area contributed by atoms with E-state index in [1.165, 1.54) is 6.07 Å². The van der Waals surface area contributed by atoms with E-state index >= 15 is 0 Å². The van der Waals surface area contributed by atoms with Crippen molar-refractivity contribution in [1.82, 2.24) is 9.55 Å². The molecule has 1 aromatic carbocycles. The van der Waals surface area contributed by atoms with Crippen molar-refractivity contribution in [2.24, 2.45) is 0 Å². The SMILES string of the molecule is Fc1ccc2nc(CCCl)n(C3CCSC3)c2c1F. The molecule has 19 heavy (non-hydrogen) atoms. The molecule has 0 N–H and O–H groups in total. The lowest BCUT2D eigenvalue weighted by molar-refractivity contribution is 0.498. The predicted octanol–water partition coefficient (Wildman–Crippen LogP) is 3.77. The molecule has 1 aliphatic heterocycles. The monoisotopic (exact) mass is 302 g/mol. The van der Waals surface area contributed by atoms with Crippen LogP contribution in [0.1, 0.15) is 18.3 Å². The van der Waals surface area contributed by atoms with Gasteiger partial charge in [0, 0.05) is 24.1 Å². The number of hydrogen-bond donors (Lipinski definition) is 0. The van der Waals surface area contributed by atoms with Crippen LogP contribution in [0, 0.1) is 11.6 Å². The Bertz CT molecular complexity index is 608. The van der Waals surface area contributed by atoms with E-state index in [-0.39, 0.29) is 11.6 Å². The van der Waals surface area contributed by atoms with E-state index in [1.54, 1.807) is 0 Å². The fourth-order valence-corrected chi connectivity index (χ4v) is 3.91. The number of imidazole rings is 1. The summed E-state index contributed by atoms with van der Waals surface area (Å²) in [6.45, 7) is 0. The second kappa shape index (κ2) is 5.29. The summed E-state index contributed by atoms with van der Waals surface area (Å²) in [5.41, 5.74) is 0.795. The third kappa shape index (κ3) is 2.23. The van der Waals surface area contributed by atoms with E-state index in [0.29, 0.717) is 17.8 Å².